The number of nitrogens with zero attached hydrogens (tertiary/aromatic N) is 1. The molecule has 0 radical (unpaired) electrons. The van der Waals surface area contributed by atoms with E-state index >= 15 is 0 Å². The topological polar surface area (TPSA) is 63.4 Å². The van der Waals surface area contributed by atoms with E-state index in [1.165, 1.54) is 6.26 Å². The summed E-state index contributed by atoms with van der Waals surface area (Å²) in [6.07, 6.45) is 2.34. The Morgan fingerprint density at radius 3 is 2.47 bits per heavy atom. The molecule has 0 aromatic heterocycles. The van der Waals surface area contributed by atoms with E-state index in [1.807, 2.05) is 12.1 Å². The van der Waals surface area contributed by atoms with Gasteiger partial charge in [0.15, 0.2) is 9.84 Å². The van der Waals surface area contributed by atoms with Crippen LogP contribution in [0.5, 0.6) is 0 Å². The largest absolute Gasteiger partial charge is 0.371 e. The highest BCUT2D eigenvalue weighted by atomic mass is 32.2. The minimum Gasteiger partial charge on any atom is -0.371 e. The lowest BCUT2D eigenvalue weighted by Gasteiger charge is -2.18. The zero-order chi connectivity index (χ0) is 12.5. The number of nitrogens with two attached hydrogens (primary N) is 1. The molecule has 1 aromatic rings. The van der Waals surface area contributed by atoms with Gasteiger partial charge in [0, 0.05) is 25.0 Å². The van der Waals surface area contributed by atoms with Crippen LogP contribution in [0.1, 0.15) is 6.42 Å². The average molecular weight is 254 g/mol. The third-order valence-electron chi connectivity index (χ3n) is 3.25. The van der Waals surface area contributed by atoms with E-state index in [-0.39, 0.29) is 0 Å². The summed E-state index contributed by atoms with van der Waals surface area (Å²) >= 11 is 0. The van der Waals surface area contributed by atoms with Crippen LogP contribution >= 0.6 is 0 Å². The SMILES string of the molecule is CS(=O)(=O)c1ccc(N2CCC(CN)C2)cc1. The van der Waals surface area contributed by atoms with Crippen molar-refractivity contribution in [3.8, 4) is 0 Å². The molecular weight excluding hydrogens is 236 g/mol. The van der Waals surface area contributed by atoms with Gasteiger partial charge in [-0.25, -0.2) is 8.42 Å². The summed E-state index contributed by atoms with van der Waals surface area (Å²) in [5.41, 5.74) is 6.73. The molecule has 2 N–H and O–H groups in total. The van der Waals surface area contributed by atoms with Gasteiger partial charge in [0.1, 0.15) is 0 Å². The lowest BCUT2D eigenvalue weighted by atomic mass is 10.1. The quantitative estimate of drug-likeness (QED) is 0.869. The number of sulfone groups is 1. The Labute approximate surface area is 102 Å². The van der Waals surface area contributed by atoms with Crippen molar-refractivity contribution < 1.29 is 8.42 Å². The molecule has 1 unspecified atom stereocenters. The van der Waals surface area contributed by atoms with Crippen molar-refractivity contribution in [1.82, 2.24) is 0 Å². The summed E-state index contributed by atoms with van der Waals surface area (Å²) < 4.78 is 22.7. The van der Waals surface area contributed by atoms with Crippen molar-refractivity contribution in [3.63, 3.8) is 0 Å². The molecule has 1 aromatic carbocycles. The second-order valence-electron chi connectivity index (χ2n) is 4.60. The maximum Gasteiger partial charge on any atom is 0.175 e. The first kappa shape index (κ1) is 12.4. The van der Waals surface area contributed by atoms with Gasteiger partial charge in [0.2, 0.25) is 0 Å². The van der Waals surface area contributed by atoms with Crippen molar-refractivity contribution in [2.24, 2.45) is 11.7 Å². The van der Waals surface area contributed by atoms with Gasteiger partial charge >= 0.3 is 0 Å². The average Bonchev–Trinajstić information content (AvgIpc) is 2.76. The van der Waals surface area contributed by atoms with Crippen LogP contribution < -0.4 is 10.6 Å². The van der Waals surface area contributed by atoms with Gasteiger partial charge in [-0.3, -0.25) is 0 Å². The lowest BCUT2D eigenvalue weighted by molar-refractivity contribution is 0.601. The fraction of sp³-hybridized carbons (Fsp3) is 0.500. The second kappa shape index (κ2) is 4.66. The summed E-state index contributed by atoms with van der Waals surface area (Å²) in [6.45, 7) is 2.69. The van der Waals surface area contributed by atoms with Crippen molar-refractivity contribution in [1.29, 1.82) is 0 Å². The molecule has 2 rings (SSSR count). The highest BCUT2D eigenvalue weighted by molar-refractivity contribution is 7.90. The second-order valence-corrected chi connectivity index (χ2v) is 6.62. The molecule has 17 heavy (non-hydrogen) atoms. The minimum absolute atomic E-state index is 0.371. The van der Waals surface area contributed by atoms with Crippen LogP contribution in [0.25, 0.3) is 0 Å². The van der Waals surface area contributed by atoms with Crippen LogP contribution in [0, 0.1) is 5.92 Å². The Hall–Kier alpha value is -1.07. The molecule has 1 aliphatic rings. The molecule has 0 saturated carbocycles. The molecule has 0 bridgehead atoms. The van der Waals surface area contributed by atoms with Crippen LogP contribution in [-0.2, 0) is 9.84 Å². The number of anilines is 1. The highest BCUT2D eigenvalue weighted by Crippen LogP contribution is 2.24. The standard InChI is InChI=1S/C12H18N2O2S/c1-17(15,16)12-4-2-11(3-5-12)14-7-6-10(8-13)9-14/h2-5,10H,6-9,13H2,1H3. The molecule has 0 aliphatic carbocycles. The molecule has 1 aliphatic heterocycles. The minimum atomic E-state index is -3.10. The molecule has 4 nitrogen and oxygen atoms in total. The molecule has 1 fully saturated rings. The summed E-state index contributed by atoms with van der Waals surface area (Å²) in [7, 11) is -3.10. The van der Waals surface area contributed by atoms with Gasteiger partial charge in [0.25, 0.3) is 0 Å². The fourth-order valence-corrected chi connectivity index (χ4v) is 2.79. The Morgan fingerprint density at radius 2 is 2.00 bits per heavy atom. The van der Waals surface area contributed by atoms with Crippen molar-refractivity contribution >= 4 is 15.5 Å². The van der Waals surface area contributed by atoms with E-state index < -0.39 is 9.84 Å². The van der Waals surface area contributed by atoms with Crippen molar-refractivity contribution in [3.05, 3.63) is 24.3 Å². The molecule has 1 atom stereocenters. The van der Waals surface area contributed by atoms with Crippen LogP contribution in [0.15, 0.2) is 29.2 Å². The maximum atomic E-state index is 11.3. The van der Waals surface area contributed by atoms with E-state index in [0.29, 0.717) is 10.8 Å². The van der Waals surface area contributed by atoms with Gasteiger partial charge in [-0.15, -0.1) is 0 Å². The van der Waals surface area contributed by atoms with Gasteiger partial charge in [0.05, 0.1) is 4.90 Å². The highest BCUT2D eigenvalue weighted by Gasteiger charge is 2.21. The first-order valence-corrected chi connectivity index (χ1v) is 7.65. The first-order chi connectivity index (χ1) is 8.00. The Kier molecular flexibility index (Phi) is 3.40. The lowest BCUT2D eigenvalue weighted by Crippen LogP contribution is -2.22. The van der Waals surface area contributed by atoms with Crippen LogP contribution in [0.4, 0.5) is 5.69 Å². The monoisotopic (exact) mass is 254 g/mol. The predicted octanol–water partition coefficient (Wildman–Crippen LogP) is 0.875. The number of hydrogen-bond acceptors (Lipinski definition) is 4. The number of hydrogen-bond donors (Lipinski definition) is 1. The zero-order valence-corrected chi connectivity index (χ0v) is 10.8. The predicted molar refractivity (Wildman–Crippen MR) is 68.9 cm³/mol. The molecule has 94 valence electrons. The third-order valence-corrected chi connectivity index (χ3v) is 4.38. The molecule has 0 amide bonds. The third kappa shape index (κ3) is 2.79. The van der Waals surface area contributed by atoms with Gasteiger partial charge in [-0.2, -0.15) is 0 Å². The van der Waals surface area contributed by atoms with E-state index in [1.54, 1.807) is 12.1 Å². The van der Waals surface area contributed by atoms with E-state index in [2.05, 4.69) is 4.90 Å². The summed E-state index contributed by atoms with van der Waals surface area (Å²) in [4.78, 5) is 2.62. The molecule has 1 saturated heterocycles. The Balaban J connectivity index is 2.14. The van der Waals surface area contributed by atoms with E-state index in [4.69, 9.17) is 5.73 Å². The van der Waals surface area contributed by atoms with E-state index in [9.17, 15) is 8.42 Å². The van der Waals surface area contributed by atoms with Crippen molar-refractivity contribution in [2.75, 3.05) is 30.8 Å². The normalized spacial score (nSPS) is 20.8. The summed E-state index contributed by atoms with van der Waals surface area (Å²) in [5.74, 6) is 0.560. The molecule has 5 heteroatoms. The maximum absolute atomic E-state index is 11.3. The van der Waals surface area contributed by atoms with Gasteiger partial charge in [-0.1, -0.05) is 0 Å². The molecule has 1 heterocycles. The van der Waals surface area contributed by atoms with Crippen LogP contribution in [0.3, 0.4) is 0 Å². The van der Waals surface area contributed by atoms with Crippen LogP contribution in [0.2, 0.25) is 0 Å². The zero-order valence-electron chi connectivity index (χ0n) is 9.96. The van der Waals surface area contributed by atoms with Crippen molar-refractivity contribution in [2.45, 2.75) is 11.3 Å². The Morgan fingerprint density at radius 1 is 1.35 bits per heavy atom. The molecule has 0 spiro atoms. The van der Waals surface area contributed by atoms with Crippen LogP contribution in [-0.4, -0.2) is 34.3 Å². The van der Waals surface area contributed by atoms with Gasteiger partial charge in [-0.05, 0) is 43.1 Å². The Bertz CT molecular complexity index is 482. The first-order valence-electron chi connectivity index (χ1n) is 5.76. The summed E-state index contributed by atoms with van der Waals surface area (Å²) in [6, 6.07) is 7.07. The summed E-state index contributed by atoms with van der Waals surface area (Å²) in [5, 5.41) is 0. The number of benzene rings is 1. The smallest absolute Gasteiger partial charge is 0.175 e. The molecular formula is C12H18N2O2S. The van der Waals surface area contributed by atoms with E-state index in [0.717, 1.165) is 31.7 Å². The van der Waals surface area contributed by atoms with Gasteiger partial charge < -0.3 is 10.6 Å². The number of rotatable bonds is 3. The fourth-order valence-electron chi connectivity index (χ4n) is 2.16.